The van der Waals surface area contributed by atoms with Gasteiger partial charge in [-0.15, -0.1) is 0 Å². The highest BCUT2D eigenvalue weighted by molar-refractivity contribution is 5.79. The van der Waals surface area contributed by atoms with E-state index in [1.807, 2.05) is 68.1 Å². The topological polar surface area (TPSA) is 64.4 Å². The number of para-hydroxylation sites is 1. The average molecular weight is 450 g/mol. The van der Waals surface area contributed by atoms with Gasteiger partial charge in [0.05, 0.1) is 29.2 Å². The summed E-state index contributed by atoms with van der Waals surface area (Å²) < 4.78 is 6.99. The summed E-state index contributed by atoms with van der Waals surface area (Å²) >= 11 is 0. The predicted octanol–water partition coefficient (Wildman–Crippen LogP) is 4.92. The molecule has 1 heterocycles. The molecule has 3 aromatic rings. The second-order valence-corrected chi connectivity index (χ2v) is 8.75. The minimum absolute atomic E-state index is 0.0455. The summed E-state index contributed by atoms with van der Waals surface area (Å²) in [6.45, 7) is 9.06. The zero-order chi connectivity index (χ0) is 24.0. The lowest BCUT2D eigenvalue weighted by Crippen LogP contribution is -2.40. The highest BCUT2D eigenvalue weighted by atomic mass is 16.5. The number of carbonyl (C=O) groups excluding carboxylic acids is 1. The van der Waals surface area contributed by atoms with Gasteiger partial charge in [0, 0.05) is 20.1 Å². The Balaban J connectivity index is 2.24. The van der Waals surface area contributed by atoms with E-state index in [1.54, 1.807) is 17.7 Å². The molecule has 176 valence electrons. The first-order valence-corrected chi connectivity index (χ1v) is 11.8. The lowest BCUT2D eigenvalue weighted by molar-refractivity contribution is -0.135. The highest BCUT2D eigenvalue weighted by Gasteiger charge is 2.29. The number of nitrogens with zero attached hydrogens (tertiary/aromatic N) is 3. The van der Waals surface area contributed by atoms with Crippen molar-refractivity contribution in [1.29, 1.82) is 0 Å². The van der Waals surface area contributed by atoms with Gasteiger partial charge in [0.25, 0.3) is 5.56 Å². The molecule has 0 fully saturated rings. The Hall–Kier alpha value is -2.99. The summed E-state index contributed by atoms with van der Waals surface area (Å²) in [6.07, 6.45) is 1.98. The lowest BCUT2D eigenvalue weighted by atomic mass is 10.1. The molecule has 1 aromatic heterocycles. The van der Waals surface area contributed by atoms with Crippen LogP contribution in [0.2, 0.25) is 0 Å². The largest absolute Gasteiger partial charge is 0.383 e. The fourth-order valence-corrected chi connectivity index (χ4v) is 4.16. The van der Waals surface area contributed by atoms with E-state index in [9.17, 15) is 9.59 Å². The van der Waals surface area contributed by atoms with Crippen molar-refractivity contribution in [3.8, 4) is 5.69 Å². The Bertz CT molecular complexity index is 1140. The van der Waals surface area contributed by atoms with Crippen molar-refractivity contribution in [2.24, 2.45) is 5.92 Å². The smallest absolute Gasteiger partial charge is 0.266 e. The molecule has 0 radical (unpaired) electrons. The second-order valence-electron chi connectivity index (χ2n) is 8.75. The van der Waals surface area contributed by atoms with E-state index >= 15 is 0 Å². The molecule has 1 atom stereocenters. The summed E-state index contributed by atoms with van der Waals surface area (Å²) in [5, 5.41) is 0.563. The fourth-order valence-electron chi connectivity index (χ4n) is 4.16. The van der Waals surface area contributed by atoms with Crippen molar-refractivity contribution in [3.05, 3.63) is 70.3 Å². The van der Waals surface area contributed by atoms with E-state index < -0.39 is 0 Å². The number of fused-ring (bicyclic) bond motifs is 1. The van der Waals surface area contributed by atoms with Gasteiger partial charge in [-0.3, -0.25) is 14.2 Å². The Kier molecular flexibility index (Phi) is 8.39. The number of methoxy groups -OCH3 is 1. The van der Waals surface area contributed by atoms with Gasteiger partial charge in [0.15, 0.2) is 0 Å². The van der Waals surface area contributed by atoms with Crippen molar-refractivity contribution < 1.29 is 9.53 Å². The number of rotatable bonds is 10. The van der Waals surface area contributed by atoms with Crippen molar-refractivity contribution >= 4 is 16.8 Å². The standard InChI is InChI=1S/C27H35N3O3/c1-6-20-12-14-21(15-13-20)30-26(28-23-11-9-8-10-22(23)27(30)32)24(7-2)29(16-17-33-5)25(31)18-19(3)4/h8-15,19,24H,6-7,16-18H2,1-5H3. The quantitative estimate of drug-likeness (QED) is 0.441. The number of aryl methyl sites for hydroxylation is 1. The summed E-state index contributed by atoms with van der Waals surface area (Å²) in [4.78, 5) is 33.7. The van der Waals surface area contributed by atoms with Gasteiger partial charge < -0.3 is 9.64 Å². The number of hydrogen-bond donors (Lipinski definition) is 0. The van der Waals surface area contributed by atoms with Crippen LogP contribution in [0, 0.1) is 5.92 Å². The summed E-state index contributed by atoms with van der Waals surface area (Å²) in [6, 6.07) is 15.0. The third kappa shape index (κ3) is 5.50. The Morgan fingerprint density at radius 1 is 1.09 bits per heavy atom. The van der Waals surface area contributed by atoms with E-state index in [0.29, 0.717) is 42.7 Å². The minimum atomic E-state index is -0.352. The average Bonchev–Trinajstić information content (AvgIpc) is 2.81. The van der Waals surface area contributed by atoms with E-state index in [0.717, 1.165) is 12.1 Å². The van der Waals surface area contributed by atoms with E-state index in [4.69, 9.17) is 9.72 Å². The zero-order valence-corrected chi connectivity index (χ0v) is 20.4. The maximum atomic E-state index is 13.7. The fraction of sp³-hybridized carbons (Fsp3) is 0.444. The Morgan fingerprint density at radius 2 is 1.79 bits per heavy atom. The summed E-state index contributed by atoms with van der Waals surface area (Å²) in [5.41, 5.74) is 2.47. The first-order chi connectivity index (χ1) is 15.9. The number of aromatic nitrogens is 2. The van der Waals surface area contributed by atoms with Gasteiger partial charge in [-0.05, 0) is 48.6 Å². The van der Waals surface area contributed by atoms with Crippen LogP contribution in [0.3, 0.4) is 0 Å². The van der Waals surface area contributed by atoms with Gasteiger partial charge in [-0.2, -0.15) is 0 Å². The van der Waals surface area contributed by atoms with Crippen LogP contribution >= 0.6 is 0 Å². The van der Waals surface area contributed by atoms with Gasteiger partial charge in [-0.1, -0.05) is 52.0 Å². The molecule has 33 heavy (non-hydrogen) atoms. The van der Waals surface area contributed by atoms with Gasteiger partial charge >= 0.3 is 0 Å². The van der Waals surface area contributed by atoms with E-state index in [1.165, 1.54) is 5.56 Å². The van der Waals surface area contributed by atoms with Crippen molar-refractivity contribution in [2.75, 3.05) is 20.3 Å². The molecule has 0 spiro atoms. The highest BCUT2D eigenvalue weighted by Crippen LogP contribution is 2.27. The van der Waals surface area contributed by atoms with Crippen LogP contribution in [0.5, 0.6) is 0 Å². The SMILES string of the molecule is CCc1ccc(-n2c(C(CC)N(CCOC)C(=O)CC(C)C)nc3ccccc3c2=O)cc1. The molecule has 0 saturated carbocycles. The third-order valence-corrected chi connectivity index (χ3v) is 5.90. The number of hydrogen-bond acceptors (Lipinski definition) is 4. The number of amides is 1. The Labute approximate surface area is 196 Å². The van der Waals surface area contributed by atoms with Crippen LogP contribution in [-0.4, -0.2) is 40.6 Å². The summed E-state index contributed by atoms with van der Waals surface area (Å²) in [5.74, 6) is 0.858. The molecular weight excluding hydrogens is 414 g/mol. The molecule has 0 aliphatic heterocycles. The molecule has 0 aliphatic rings. The lowest BCUT2D eigenvalue weighted by Gasteiger charge is -2.32. The molecule has 6 nitrogen and oxygen atoms in total. The molecule has 0 bridgehead atoms. The number of benzene rings is 2. The van der Waals surface area contributed by atoms with Crippen molar-refractivity contribution in [3.63, 3.8) is 0 Å². The van der Waals surface area contributed by atoms with Crippen molar-refractivity contribution in [1.82, 2.24) is 14.5 Å². The molecule has 1 unspecified atom stereocenters. The van der Waals surface area contributed by atoms with E-state index in [-0.39, 0.29) is 23.4 Å². The summed E-state index contributed by atoms with van der Waals surface area (Å²) in [7, 11) is 1.63. The van der Waals surface area contributed by atoms with Crippen LogP contribution in [0.4, 0.5) is 0 Å². The van der Waals surface area contributed by atoms with Crippen LogP contribution in [0.15, 0.2) is 53.3 Å². The molecule has 0 saturated heterocycles. The molecule has 0 N–H and O–H groups in total. The van der Waals surface area contributed by atoms with Crippen LogP contribution < -0.4 is 5.56 Å². The van der Waals surface area contributed by atoms with Crippen LogP contribution in [-0.2, 0) is 16.0 Å². The number of ether oxygens (including phenoxy) is 1. The molecule has 3 rings (SSSR count). The molecule has 0 aliphatic carbocycles. The maximum absolute atomic E-state index is 13.7. The van der Waals surface area contributed by atoms with Crippen LogP contribution in [0.25, 0.3) is 16.6 Å². The van der Waals surface area contributed by atoms with Gasteiger partial charge in [0.2, 0.25) is 5.91 Å². The molecule has 2 aromatic carbocycles. The Morgan fingerprint density at radius 3 is 2.39 bits per heavy atom. The number of carbonyl (C=O) groups is 1. The van der Waals surface area contributed by atoms with E-state index in [2.05, 4.69) is 6.92 Å². The van der Waals surface area contributed by atoms with Crippen LogP contribution in [0.1, 0.15) is 58.0 Å². The minimum Gasteiger partial charge on any atom is -0.383 e. The van der Waals surface area contributed by atoms with Crippen molar-refractivity contribution in [2.45, 2.75) is 53.0 Å². The van der Waals surface area contributed by atoms with Gasteiger partial charge in [-0.25, -0.2) is 4.98 Å². The predicted molar refractivity (Wildman–Crippen MR) is 133 cm³/mol. The first-order valence-electron chi connectivity index (χ1n) is 11.8. The van der Waals surface area contributed by atoms with Gasteiger partial charge in [0.1, 0.15) is 5.82 Å². The first kappa shape index (κ1) is 24.6. The molecule has 6 heteroatoms. The molecule has 1 amide bonds. The maximum Gasteiger partial charge on any atom is 0.266 e. The normalized spacial score (nSPS) is 12.3. The molecular formula is C27H35N3O3. The monoisotopic (exact) mass is 449 g/mol. The zero-order valence-electron chi connectivity index (χ0n) is 20.4. The second kappa shape index (κ2) is 11.2. The third-order valence-electron chi connectivity index (χ3n) is 5.90.